The van der Waals surface area contributed by atoms with Gasteiger partial charge in [0.05, 0.1) is 11.8 Å². The third-order valence-corrected chi connectivity index (χ3v) is 4.83. The number of hydrogen-bond donors (Lipinski definition) is 0. The van der Waals surface area contributed by atoms with Crippen LogP contribution in [-0.4, -0.2) is 35.5 Å². The maximum atomic E-state index is 13.6. The van der Waals surface area contributed by atoms with Crippen LogP contribution >= 0.6 is 0 Å². The van der Waals surface area contributed by atoms with Gasteiger partial charge in [-0.1, -0.05) is 0 Å². The summed E-state index contributed by atoms with van der Waals surface area (Å²) in [4.78, 5) is 0. The zero-order valence-electron chi connectivity index (χ0n) is 9.84. The van der Waals surface area contributed by atoms with Crippen LogP contribution in [0.3, 0.4) is 0 Å². The van der Waals surface area contributed by atoms with E-state index >= 15 is 0 Å². The Bertz CT molecular complexity index is 490. The molecule has 3 rings (SSSR count). The quantitative estimate of drug-likeness (QED) is 0.570. The van der Waals surface area contributed by atoms with E-state index in [4.69, 9.17) is 0 Å². The zero-order chi connectivity index (χ0) is 17.3. The molecule has 0 aromatic heterocycles. The minimum Gasteiger partial charge on any atom is -0.206 e. The van der Waals surface area contributed by atoms with Crippen molar-refractivity contribution in [3.05, 3.63) is 0 Å². The molecule has 22 heavy (non-hydrogen) atoms. The summed E-state index contributed by atoms with van der Waals surface area (Å²) in [5.41, 5.74) is 0. The zero-order valence-corrected chi connectivity index (χ0v) is 9.84. The highest BCUT2D eigenvalue weighted by molar-refractivity contribution is 5.32. The normalized spacial score (nSPS) is 47.5. The smallest absolute Gasteiger partial charge is 0.206 e. The molecule has 0 radical (unpaired) electrons. The van der Waals surface area contributed by atoms with Gasteiger partial charge in [-0.15, -0.1) is 0 Å². The molecule has 4 atom stereocenters. The van der Waals surface area contributed by atoms with E-state index in [1.165, 1.54) is 0 Å². The summed E-state index contributed by atoms with van der Waals surface area (Å²) < 4.78 is 160. The van der Waals surface area contributed by atoms with Crippen LogP contribution < -0.4 is 0 Å². The van der Waals surface area contributed by atoms with Gasteiger partial charge in [0, 0.05) is 0 Å². The van der Waals surface area contributed by atoms with Crippen LogP contribution in [0.4, 0.5) is 52.7 Å². The Balaban J connectivity index is 2.30. The van der Waals surface area contributed by atoms with Crippen molar-refractivity contribution >= 4 is 0 Å². The fourth-order valence-corrected chi connectivity index (χ4v) is 3.95. The number of halogens is 12. The van der Waals surface area contributed by atoms with E-state index in [9.17, 15) is 52.7 Å². The molecule has 0 unspecified atom stereocenters. The van der Waals surface area contributed by atoms with E-state index in [0.717, 1.165) is 0 Å². The van der Waals surface area contributed by atoms with Gasteiger partial charge in [-0.3, -0.25) is 0 Å². The average Bonchev–Trinajstić information content (AvgIpc) is 2.64. The molecule has 0 aliphatic heterocycles. The summed E-state index contributed by atoms with van der Waals surface area (Å²) in [5, 5.41) is 0. The second kappa shape index (κ2) is 3.33. The van der Waals surface area contributed by atoms with Gasteiger partial charge in [0.2, 0.25) is 0 Å². The second-order valence-corrected chi connectivity index (χ2v) is 5.75. The minimum atomic E-state index is -6.28. The Hall–Kier alpha value is -0.840. The summed E-state index contributed by atoms with van der Waals surface area (Å²) in [6, 6.07) is 0. The van der Waals surface area contributed by atoms with Gasteiger partial charge >= 0.3 is 29.6 Å². The van der Waals surface area contributed by atoms with Crippen molar-refractivity contribution in [3.63, 3.8) is 0 Å². The molecule has 0 saturated heterocycles. The molecule has 12 heteroatoms. The fraction of sp³-hybridized carbons (Fsp3) is 1.00. The van der Waals surface area contributed by atoms with Gasteiger partial charge in [-0.25, -0.2) is 8.78 Å². The monoisotopic (exact) mass is 352 g/mol. The molecule has 0 spiro atoms. The molecule has 128 valence electrons. The molecular weight excluding hydrogens is 348 g/mol. The number of fused-ring (bicyclic) bond motifs is 5. The van der Waals surface area contributed by atoms with Crippen LogP contribution in [0, 0.1) is 23.7 Å². The van der Waals surface area contributed by atoms with Gasteiger partial charge < -0.3 is 0 Å². The predicted octanol–water partition coefficient (Wildman–Crippen LogP) is 4.30. The van der Waals surface area contributed by atoms with E-state index in [1.54, 1.807) is 0 Å². The molecule has 3 aliphatic carbocycles. The number of hydrogen-bond acceptors (Lipinski definition) is 0. The molecular formula is C10H4F12. The maximum Gasteiger partial charge on any atom is 0.372 e. The SMILES string of the molecule is FC1(F)[C@H]2[C@@H]3[C@H]([C@@H]1C(F)(F)C2(F)F)C(F)(F)C(F)(F)C3(F)F. The van der Waals surface area contributed by atoms with Crippen LogP contribution in [0.1, 0.15) is 0 Å². The first-order chi connectivity index (χ1) is 9.48. The molecule has 3 aliphatic rings. The van der Waals surface area contributed by atoms with E-state index in [-0.39, 0.29) is 0 Å². The molecule has 0 aromatic rings. The molecule has 3 saturated carbocycles. The van der Waals surface area contributed by atoms with Crippen molar-refractivity contribution in [2.75, 3.05) is 0 Å². The first-order valence-corrected chi connectivity index (χ1v) is 5.75. The van der Waals surface area contributed by atoms with Gasteiger partial charge in [-0.2, -0.15) is 43.9 Å². The van der Waals surface area contributed by atoms with Gasteiger partial charge in [-0.05, 0) is 0 Å². The number of rotatable bonds is 0. The molecule has 2 bridgehead atoms. The van der Waals surface area contributed by atoms with E-state index in [1.807, 2.05) is 0 Å². The maximum absolute atomic E-state index is 13.6. The summed E-state index contributed by atoms with van der Waals surface area (Å²) in [6.07, 6.45) is 0. The molecule has 0 N–H and O–H groups in total. The van der Waals surface area contributed by atoms with Crippen molar-refractivity contribution < 1.29 is 52.7 Å². The number of alkyl halides is 12. The van der Waals surface area contributed by atoms with Crippen molar-refractivity contribution in [2.24, 2.45) is 23.7 Å². The van der Waals surface area contributed by atoms with Crippen LogP contribution in [0.2, 0.25) is 0 Å². The molecule has 3 fully saturated rings. The molecule has 0 heterocycles. The molecule has 0 nitrogen and oxygen atoms in total. The van der Waals surface area contributed by atoms with Crippen LogP contribution in [0.25, 0.3) is 0 Å². The van der Waals surface area contributed by atoms with E-state index in [2.05, 4.69) is 0 Å². The average molecular weight is 352 g/mol. The van der Waals surface area contributed by atoms with Crippen LogP contribution in [-0.2, 0) is 0 Å². The third-order valence-electron chi connectivity index (χ3n) is 4.83. The van der Waals surface area contributed by atoms with Crippen molar-refractivity contribution in [3.8, 4) is 0 Å². The lowest BCUT2D eigenvalue weighted by atomic mass is 9.75. The summed E-state index contributed by atoms with van der Waals surface area (Å²) in [7, 11) is 0. The van der Waals surface area contributed by atoms with Crippen LogP contribution in [0.15, 0.2) is 0 Å². The lowest BCUT2D eigenvalue weighted by Crippen LogP contribution is -2.55. The van der Waals surface area contributed by atoms with Gasteiger partial charge in [0.25, 0.3) is 5.92 Å². The summed E-state index contributed by atoms with van der Waals surface area (Å²) in [6.45, 7) is 0. The second-order valence-electron chi connectivity index (χ2n) is 5.75. The first-order valence-electron chi connectivity index (χ1n) is 5.75. The lowest BCUT2D eigenvalue weighted by Gasteiger charge is -2.37. The van der Waals surface area contributed by atoms with E-state index < -0.39 is 59.2 Å². The predicted molar refractivity (Wildman–Crippen MR) is 43.6 cm³/mol. The standard InChI is InChI=1S/C10H4F12/c11-5(12)3-1-2(4(5)9(19,20)8(3,17)18)7(15,16)10(21,22)6(1,13)14/h1-4H/t1-,2+,3+,4-. The topological polar surface area (TPSA) is 0 Å². The lowest BCUT2D eigenvalue weighted by molar-refractivity contribution is -0.295. The highest BCUT2D eigenvalue weighted by Gasteiger charge is 3.01. The molecule has 0 amide bonds. The van der Waals surface area contributed by atoms with Crippen LogP contribution in [0.5, 0.6) is 0 Å². The fourth-order valence-electron chi connectivity index (χ4n) is 3.95. The van der Waals surface area contributed by atoms with Crippen molar-refractivity contribution in [1.29, 1.82) is 0 Å². The van der Waals surface area contributed by atoms with Gasteiger partial charge in [0.15, 0.2) is 0 Å². The summed E-state index contributed by atoms with van der Waals surface area (Å²) in [5.74, 6) is -51.6. The minimum absolute atomic E-state index is 3.95. The third kappa shape index (κ3) is 1.15. The van der Waals surface area contributed by atoms with Crippen molar-refractivity contribution in [2.45, 2.75) is 35.5 Å². The largest absolute Gasteiger partial charge is 0.372 e. The molecule has 0 aromatic carbocycles. The van der Waals surface area contributed by atoms with E-state index in [0.29, 0.717) is 0 Å². The Morgan fingerprint density at radius 1 is 0.409 bits per heavy atom. The Kier molecular flexibility index (Phi) is 2.43. The Labute approximate surface area is 113 Å². The summed E-state index contributed by atoms with van der Waals surface area (Å²) >= 11 is 0. The Morgan fingerprint density at radius 3 is 0.955 bits per heavy atom. The van der Waals surface area contributed by atoms with Crippen molar-refractivity contribution in [1.82, 2.24) is 0 Å². The highest BCUT2D eigenvalue weighted by atomic mass is 19.4. The first kappa shape index (κ1) is 16.0. The van der Waals surface area contributed by atoms with Gasteiger partial charge in [0.1, 0.15) is 11.8 Å². The Morgan fingerprint density at radius 2 is 0.682 bits per heavy atom. The highest BCUT2D eigenvalue weighted by Crippen LogP contribution is 2.81.